The van der Waals surface area contributed by atoms with Crippen LogP contribution in [0.3, 0.4) is 0 Å². The minimum absolute atomic E-state index is 0.122. The largest absolute Gasteiger partial charge is 0.444 e. The number of benzene rings is 2. The molecule has 1 fully saturated rings. The second-order valence-electron chi connectivity index (χ2n) is 10.2. The summed E-state index contributed by atoms with van der Waals surface area (Å²) in [5.41, 5.74) is 4.17. The SMILES string of the molecule is CC(C)(C)OC(=O)N1CC[C@@H]2[C@H](C1)c1cc(-c3ccc(Cl)cc3Cl)cc3c1N2CCCC3=O. The summed E-state index contributed by atoms with van der Waals surface area (Å²) in [5.74, 6) is 0.292. The Hall–Kier alpha value is -2.24. The molecule has 5 rings (SSSR count). The molecule has 3 heterocycles. The number of ether oxygens (including phenoxy) is 1. The number of hydrogen-bond acceptors (Lipinski definition) is 4. The molecule has 0 radical (unpaired) electrons. The average molecular weight is 487 g/mol. The number of Topliss-reactive ketones (excluding diaryl/α,β-unsaturated/α-hetero) is 1. The van der Waals surface area contributed by atoms with Gasteiger partial charge in [-0.3, -0.25) is 4.79 Å². The minimum Gasteiger partial charge on any atom is -0.444 e. The number of carbonyl (C=O) groups excluding carboxylic acids is 2. The van der Waals surface area contributed by atoms with Crippen LogP contribution in [0.4, 0.5) is 10.5 Å². The highest BCUT2D eigenvalue weighted by Crippen LogP contribution is 2.50. The summed E-state index contributed by atoms with van der Waals surface area (Å²) in [5, 5.41) is 1.13. The monoisotopic (exact) mass is 486 g/mol. The summed E-state index contributed by atoms with van der Waals surface area (Å²) in [6.45, 7) is 7.75. The number of hydrogen-bond donors (Lipinski definition) is 0. The van der Waals surface area contributed by atoms with Gasteiger partial charge >= 0.3 is 6.09 Å². The molecule has 0 aliphatic carbocycles. The number of amides is 1. The number of anilines is 1. The van der Waals surface area contributed by atoms with Crippen molar-refractivity contribution in [1.82, 2.24) is 4.90 Å². The zero-order valence-corrected chi connectivity index (χ0v) is 20.7. The summed E-state index contributed by atoms with van der Waals surface area (Å²) < 4.78 is 5.65. The van der Waals surface area contributed by atoms with Gasteiger partial charge in [-0.1, -0.05) is 29.3 Å². The summed E-state index contributed by atoms with van der Waals surface area (Å²) in [6, 6.07) is 9.86. The van der Waals surface area contributed by atoms with E-state index >= 15 is 0 Å². The van der Waals surface area contributed by atoms with Gasteiger partial charge in [-0.2, -0.15) is 0 Å². The van der Waals surface area contributed by atoms with Crippen molar-refractivity contribution < 1.29 is 14.3 Å². The number of halogens is 2. The molecule has 0 unspecified atom stereocenters. The van der Waals surface area contributed by atoms with E-state index in [0.717, 1.165) is 47.3 Å². The summed E-state index contributed by atoms with van der Waals surface area (Å²) >= 11 is 12.7. The Morgan fingerprint density at radius 3 is 2.61 bits per heavy atom. The topological polar surface area (TPSA) is 49.9 Å². The third-order valence-corrected chi connectivity index (χ3v) is 7.35. The molecule has 0 saturated carbocycles. The van der Waals surface area contributed by atoms with E-state index in [0.29, 0.717) is 29.6 Å². The molecular formula is C26H28Cl2N2O3. The van der Waals surface area contributed by atoms with Crippen LogP contribution in [0.5, 0.6) is 0 Å². The highest BCUT2D eigenvalue weighted by molar-refractivity contribution is 6.36. The number of piperidine rings is 1. The van der Waals surface area contributed by atoms with Crippen LogP contribution in [0.25, 0.3) is 11.1 Å². The Balaban J connectivity index is 1.58. The fourth-order valence-electron chi connectivity index (χ4n) is 5.45. The predicted molar refractivity (Wildman–Crippen MR) is 132 cm³/mol. The lowest BCUT2D eigenvalue weighted by Crippen LogP contribution is -2.49. The molecule has 5 nitrogen and oxygen atoms in total. The summed E-state index contributed by atoms with van der Waals surface area (Å²) in [7, 11) is 0. The van der Waals surface area contributed by atoms with Crippen molar-refractivity contribution in [2.24, 2.45) is 0 Å². The second kappa shape index (κ2) is 8.21. The van der Waals surface area contributed by atoms with E-state index in [1.54, 1.807) is 6.07 Å². The van der Waals surface area contributed by atoms with Crippen LogP contribution < -0.4 is 4.90 Å². The quantitative estimate of drug-likeness (QED) is 0.458. The van der Waals surface area contributed by atoms with Crippen LogP contribution in [0.1, 0.15) is 61.9 Å². The molecule has 3 aliphatic rings. The maximum absolute atomic E-state index is 13.1. The van der Waals surface area contributed by atoms with Crippen molar-refractivity contribution in [3.8, 4) is 11.1 Å². The van der Waals surface area contributed by atoms with Gasteiger partial charge in [-0.25, -0.2) is 4.79 Å². The second-order valence-corrected chi connectivity index (χ2v) is 11.0. The Morgan fingerprint density at radius 2 is 1.88 bits per heavy atom. The Kier molecular flexibility index (Phi) is 5.61. The Bertz CT molecular complexity index is 1140. The lowest BCUT2D eigenvalue weighted by molar-refractivity contribution is 0.0189. The van der Waals surface area contributed by atoms with Gasteiger partial charge in [-0.05, 0) is 69.0 Å². The normalized spacial score (nSPS) is 22.0. The van der Waals surface area contributed by atoms with E-state index in [1.165, 1.54) is 0 Å². The Labute approximate surface area is 204 Å². The standard InChI is InChI=1S/C26H28Cl2N2O3/c1-26(2,3)33-25(32)29-10-8-22-20(14-29)18-11-15(17-7-6-16(27)13-21(17)28)12-19-23(31)5-4-9-30(22)24(18)19/h6-7,11-13,20,22H,4-5,8-10,14H2,1-3H3/t20-,22-/m1/s1. The molecule has 1 saturated heterocycles. The number of carbonyl (C=O) groups is 2. The molecule has 174 valence electrons. The third kappa shape index (κ3) is 4.10. The molecule has 2 aromatic rings. The number of rotatable bonds is 1. The van der Waals surface area contributed by atoms with Crippen molar-refractivity contribution in [3.63, 3.8) is 0 Å². The van der Waals surface area contributed by atoms with Gasteiger partial charge in [-0.15, -0.1) is 0 Å². The van der Waals surface area contributed by atoms with Crippen molar-refractivity contribution in [2.75, 3.05) is 24.5 Å². The van der Waals surface area contributed by atoms with E-state index in [1.807, 2.05) is 43.9 Å². The van der Waals surface area contributed by atoms with Crippen LogP contribution in [0.2, 0.25) is 10.0 Å². The fraction of sp³-hybridized carbons (Fsp3) is 0.462. The van der Waals surface area contributed by atoms with Crippen LogP contribution in [-0.2, 0) is 4.74 Å². The minimum atomic E-state index is -0.535. The number of nitrogens with zero attached hydrogens (tertiary/aromatic N) is 2. The molecule has 2 atom stereocenters. The molecular weight excluding hydrogens is 459 g/mol. The lowest BCUT2D eigenvalue weighted by Gasteiger charge is -2.39. The molecule has 1 amide bonds. The molecule has 0 aromatic heterocycles. The first-order valence-electron chi connectivity index (χ1n) is 11.5. The maximum Gasteiger partial charge on any atom is 0.410 e. The molecule has 7 heteroatoms. The van der Waals surface area contributed by atoms with E-state index in [4.69, 9.17) is 27.9 Å². The van der Waals surface area contributed by atoms with E-state index < -0.39 is 5.60 Å². The summed E-state index contributed by atoms with van der Waals surface area (Å²) in [6.07, 6.45) is 1.95. The lowest BCUT2D eigenvalue weighted by atomic mass is 9.86. The van der Waals surface area contributed by atoms with Gasteiger partial charge < -0.3 is 14.5 Å². The van der Waals surface area contributed by atoms with Crippen LogP contribution in [0.15, 0.2) is 30.3 Å². The fourth-order valence-corrected chi connectivity index (χ4v) is 5.97. The van der Waals surface area contributed by atoms with Gasteiger partial charge in [0.15, 0.2) is 5.78 Å². The number of fused-ring (bicyclic) bond motifs is 3. The third-order valence-electron chi connectivity index (χ3n) is 6.80. The predicted octanol–water partition coefficient (Wildman–Crippen LogP) is 6.55. The highest BCUT2D eigenvalue weighted by Gasteiger charge is 2.46. The number of likely N-dealkylation sites (tertiary alicyclic amines) is 1. The average Bonchev–Trinajstić information content (AvgIpc) is 2.94. The first-order chi connectivity index (χ1) is 15.6. The van der Waals surface area contributed by atoms with Gasteiger partial charge in [0, 0.05) is 59.2 Å². The van der Waals surface area contributed by atoms with Gasteiger partial charge in [0.25, 0.3) is 0 Å². The first-order valence-corrected chi connectivity index (χ1v) is 12.3. The van der Waals surface area contributed by atoms with Gasteiger partial charge in [0.2, 0.25) is 0 Å². The number of ketones is 1. The molecule has 0 N–H and O–H groups in total. The van der Waals surface area contributed by atoms with Gasteiger partial charge in [0.1, 0.15) is 5.60 Å². The van der Waals surface area contributed by atoms with Crippen molar-refractivity contribution in [2.45, 2.75) is 57.6 Å². The van der Waals surface area contributed by atoms with E-state index in [2.05, 4.69) is 11.0 Å². The zero-order chi connectivity index (χ0) is 23.5. The molecule has 0 spiro atoms. The van der Waals surface area contributed by atoms with Crippen molar-refractivity contribution in [1.29, 1.82) is 0 Å². The van der Waals surface area contributed by atoms with Gasteiger partial charge in [0.05, 0.1) is 5.69 Å². The molecule has 0 bridgehead atoms. The van der Waals surface area contributed by atoms with Crippen molar-refractivity contribution in [3.05, 3.63) is 51.5 Å². The Morgan fingerprint density at radius 1 is 1.09 bits per heavy atom. The van der Waals surface area contributed by atoms with Crippen LogP contribution >= 0.6 is 23.2 Å². The molecule has 2 aromatic carbocycles. The smallest absolute Gasteiger partial charge is 0.410 e. The van der Waals surface area contributed by atoms with Crippen LogP contribution in [-0.4, -0.2) is 48.1 Å². The molecule has 33 heavy (non-hydrogen) atoms. The zero-order valence-electron chi connectivity index (χ0n) is 19.2. The first kappa shape index (κ1) is 22.5. The highest BCUT2D eigenvalue weighted by atomic mass is 35.5. The summed E-state index contributed by atoms with van der Waals surface area (Å²) in [4.78, 5) is 30.2. The molecule has 3 aliphatic heterocycles. The van der Waals surface area contributed by atoms with Crippen molar-refractivity contribution >= 4 is 40.8 Å². The maximum atomic E-state index is 13.1. The van der Waals surface area contributed by atoms with E-state index in [-0.39, 0.29) is 23.8 Å². The van der Waals surface area contributed by atoms with E-state index in [9.17, 15) is 9.59 Å². The van der Waals surface area contributed by atoms with Crippen LogP contribution in [0, 0.1) is 0 Å².